The van der Waals surface area contributed by atoms with Crippen molar-refractivity contribution >= 4 is 5.97 Å². The second-order valence-corrected chi connectivity index (χ2v) is 4.19. The summed E-state index contributed by atoms with van der Waals surface area (Å²) in [7, 11) is 0. The summed E-state index contributed by atoms with van der Waals surface area (Å²) in [5.41, 5.74) is -1.11. The van der Waals surface area contributed by atoms with Crippen molar-refractivity contribution in [2.24, 2.45) is 5.92 Å². The number of rotatable bonds is 3. The predicted octanol–water partition coefficient (Wildman–Crippen LogP) is 0.391. The van der Waals surface area contributed by atoms with Gasteiger partial charge in [-0.25, -0.2) is 0 Å². The van der Waals surface area contributed by atoms with Gasteiger partial charge in [0.15, 0.2) is 0 Å². The van der Waals surface area contributed by atoms with E-state index in [2.05, 4.69) is 0 Å². The topological polar surface area (TPSA) is 66.8 Å². The molecule has 2 N–H and O–H groups in total. The molecule has 0 aromatic carbocycles. The molecule has 0 aromatic heterocycles. The summed E-state index contributed by atoms with van der Waals surface area (Å²) in [6, 6.07) is 0. The second kappa shape index (κ2) is 2.96. The Bertz CT molecular complexity index is 224. The summed E-state index contributed by atoms with van der Waals surface area (Å²) < 4.78 is 5.38. The van der Waals surface area contributed by atoms with Crippen LogP contribution in [-0.4, -0.2) is 34.5 Å². The first-order valence-electron chi connectivity index (χ1n) is 4.65. The molecule has 0 radical (unpaired) electrons. The molecule has 74 valence electrons. The SMILES string of the molecule is O=C(O)C[C@]1(O)CO[C@@H](C2CC2)C1. The minimum Gasteiger partial charge on any atom is -0.481 e. The lowest BCUT2D eigenvalue weighted by molar-refractivity contribution is -0.142. The Morgan fingerprint density at radius 2 is 2.23 bits per heavy atom. The van der Waals surface area contributed by atoms with E-state index in [0.717, 1.165) is 12.8 Å². The Balaban J connectivity index is 1.90. The fourth-order valence-corrected chi connectivity index (χ4v) is 1.93. The zero-order valence-corrected chi connectivity index (χ0v) is 7.40. The highest BCUT2D eigenvalue weighted by atomic mass is 16.5. The van der Waals surface area contributed by atoms with Gasteiger partial charge in [0.1, 0.15) is 5.60 Å². The fourth-order valence-electron chi connectivity index (χ4n) is 1.93. The van der Waals surface area contributed by atoms with Gasteiger partial charge in [-0.2, -0.15) is 0 Å². The number of ether oxygens (including phenoxy) is 1. The molecule has 2 rings (SSSR count). The lowest BCUT2D eigenvalue weighted by Gasteiger charge is -2.17. The van der Waals surface area contributed by atoms with Gasteiger partial charge in [-0.05, 0) is 18.8 Å². The molecule has 1 aliphatic carbocycles. The molecule has 0 aromatic rings. The third kappa shape index (κ3) is 2.00. The maximum absolute atomic E-state index is 10.4. The van der Waals surface area contributed by atoms with Crippen LogP contribution in [0.5, 0.6) is 0 Å². The third-order valence-corrected chi connectivity index (χ3v) is 2.78. The van der Waals surface area contributed by atoms with Crippen molar-refractivity contribution in [3.63, 3.8) is 0 Å². The molecule has 1 heterocycles. The van der Waals surface area contributed by atoms with Crippen LogP contribution in [0.4, 0.5) is 0 Å². The van der Waals surface area contributed by atoms with Crippen LogP contribution in [0.15, 0.2) is 0 Å². The van der Waals surface area contributed by atoms with Gasteiger partial charge in [0.2, 0.25) is 0 Å². The molecule has 1 aliphatic heterocycles. The maximum Gasteiger partial charge on any atom is 0.306 e. The molecule has 0 spiro atoms. The molecule has 1 saturated heterocycles. The van der Waals surface area contributed by atoms with Crippen molar-refractivity contribution in [3.8, 4) is 0 Å². The van der Waals surface area contributed by atoms with Gasteiger partial charge >= 0.3 is 5.97 Å². The van der Waals surface area contributed by atoms with Crippen LogP contribution in [0.1, 0.15) is 25.7 Å². The normalized spacial score (nSPS) is 39.3. The van der Waals surface area contributed by atoms with Gasteiger partial charge in [0.25, 0.3) is 0 Å². The molecular weight excluding hydrogens is 172 g/mol. The van der Waals surface area contributed by atoms with E-state index in [1.54, 1.807) is 0 Å². The molecule has 2 fully saturated rings. The average molecular weight is 186 g/mol. The van der Waals surface area contributed by atoms with Crippen molar-refractivity contribution in [2.75, 3.05) is 6.61 Å². The van der Waals surface area contributed by atoms with E-state index in [1.807, 2.05) is 0 Å². The predicted molar refractivity (Wildman–Crippen MR) is 44.3 cm³/mol. The van der Waals surface area contributed by atoms with Crippen LogP contribution < -0.4 is 0 Å². The summed E-state index contributed by atoms with van der Waals surface area (Å²) in [6.45, 7) is 0.181. The van der Waals surface area contributed by atoms with E-state index in [9.17, 15) is 9.90 Å². The van der Waals surface area contributed by atoms with Crippen molar-refractivity contribution in [1.82, 2.24) is 0 Å². The Hall–Kier alpha value is -0.610. The van der Waals surface area contributed by atoms with Gasteiger partial charge in [0, 0.05) is 6.42 Å². The van der Waals surface area contributed by atoms with E-state index >= 15 is 0 Å². The molecule has 0 unspecified atom stereocenters. The van der Waals surface area contributed by atoms with Crippen molar-refractivity contribution in [2.45, 2.75) is 37.4 Å². The van der Waals surface area contributed by atoms with E-state index < -0.39 is 11.6 Å². The summed E-state index contributed by atoms with van der Waals surface area (Å²) in [6.07, 6.45) is 2.71. The lowest BCUT2D eigenvalue weighted by Crippen LogP contribution is -2.32. The summed E-state index contributed by atoms with van der Waals surface area (Å²) in [4.78, 5) is 10.4. The molecule has 2 aliphatic rings. The Morgan fingerprint density at radius 3 is 2.77 bits per heavy atom. The number of carbonyl (C=O) groups is 1. The number of aliphatic carboxylic acids is 1. The molecule has 4 nitrogen and oxygen atoms in total. The van der Waals surface area contributed by atoms with Crippen molar-refractivity contribution < 1.29 is 19.7 Å². The largest absolute Gasteiger partial charge is 0.481 e. The van der Waals surface area contributed by atoms with Gasteiger partial charge in [-0.3, -0.25) is 4.79 Å². The van der Waals surface area contributed by atoms with Gasteiger partial charge in [0.05, 0.1) is 19.1 Å². The average Bonchev–Trinajstić information content (AvgIpc) is 2.75. The minimum atomic E-state index is -1.11. The number of aliphatic hydroxyl groups is 1. The van der Waals surface area contributed by atoms with Gasteiger partial charge in [-0.1, -0.05) is 0 Å². The molecular formula is C9H14O4. The minimum absolute atomic E-state index is 0.101. The summed E-state index contributed by atoms with van der Waals surface area (Å²) >= 11 is 0. The standard InChI is InChI=1S/C9H14O4/c10-8(11)4-9(12)3-7(13-5-9)6-1-2-6/h6-7,12H,1-5H2,(H,10,11)/t7-,9+/m1/s1. The number of carboxylic acids is 1. The molecule has 1 saturated carbocycles. The third-order valence-electron chi connectivity index (χ3n) is 2.78. The van der Waals surface area contributed by atoms with Crippen LogP contribution in [0.25, 0.3) is 0 Å². The first kappa shape index (κ1) is 8.97. The summed E-state index contributed by atoms with van der Waals surface area (Å²) in [5, 5.41) is 18.4. The molecule has 0 bridgehead atoms. The number of hydrogen-bond donors (Lipinski definition) is 2. The molecule has 4 heteroatoms. The maximum atomic E-state index is 10.4. The zero-order chi connectivity index (χ0) is 9.47. The fraction of sp³-hybridized carbons (Fsp3) is 0.889. The monoisotopic (exact) mass is 186 g/mol. The van der Waals surface area contributed by atoms with Crippen LogP contribution in [-0.2, 0) is 9.53 Å². The highest BCUT2D eigenvalue weighted by molar-refractivity contribution is 5.68. The van der Waals surface area contributed by atoms with E-state index in [0.29, 0.717) is 12.3 Å². The van der Waals surface area contributed by atoms with Crippen LogP contribution in [0.3, 0.4) is 0 Å². The second-order valence-electron chi connectivity index (χ2n) is 4.19. The van der Waals surface area contributed by atoms with Crippen molar-refractivity contribution in [1.29, 1.82) is 0 Å². The Labute approximate surface area is 76.5 Å². The van der Waals surface area contributed by atoms with E-state index in [4.69, 9.17) is 9.84 Å². The highest BCUT2D eigenvalue weighted by Crippen LogP contribution is 2.42. The lowest BCUT2D eigenvalue weighted by atomic mass is 9.95. The smallest absolute Gasteiger partial charge is 0.306 e. The molecule has 2 atom stereocenters. The molecule has 13 heavy (non-hydrogen) atoms. The highest BCUT2D eigenvalue weighted by Gasteiger charge is 2.45. The Morgan fingerprint density at radius 1 is 1.54 bits per heavy atom. The van der Waals surface area contributed by atoms with E-state index in [1.165, 1.54) is 0 Å². The first-order chi connectivity index (χ1) is 6.09. The van der Waals surface area contributed by atoms with Crippen LogP contribution >= 0.6 is 0 Å². The number of hydrogen-bond acceptors (Lipinski definition) is 3. The summed E-state index contributed by atoms with van der Waals surface area (Å²) in [5.74, 6) is -0.384. The number of carboxylic acid groups (broad SMARTS) is 1. The quantitative estimate of drug-likeness (QED) is 0.669. The Kier molecular flexibility index (Phi) is 2.04. The van der Waals surface area contributed by atoms with E-state index in [-0.39, 0.29) is 19.1 Å². The van der Waals surface area contributed by atoms with Gasteiger partial charge < -0.3 is 14.9 Å². The van der Waals surface area contributed by atoms with Crippen molar-refractivity contribution in [3.05, 3.63) is 0 Å². The first-order valence-corrected chi connectivity index (χ1v) is 4.65. The van der Waals surface area contributed by atoms with Gasteiger partial charge in [-0.15, -0.1) is 0 Å². The zero-order valence-electron chi connectivity index (χ0n) is 7.40. The molecule has 0 amide bonds. The van der Waals surface area contributed by atoms with Crippen LogP contribution in [0.2, 0.25) is 0 Å². The van der Waals surface area contributed by atoms with Crippen LogP contribution in [0, 0.1) is 5.92 Å².